The van der Waals surface area contributed by atoms with Crippen LogP contribution < -0.4 is 10.1 Å². The molecule has 0 radical (unpaired) electrons. The van der Waals surface area contributed by atoms with Gasteiger partial charge in [-0.15, -0.1) is 0 Å². The van der Waals surface area contributed by atoms with Gasteiger partial charge in [0.05, 0.1) is 23.9 Å². The van der Waals surface area contributed by atoms with Gasteiger partial charge in [0, 0.05) is 12.6 Å². The molecule has 2 aromatic carbocycles. The molecule has 2 aromatic rings. The average molecular weight is 398 g/mol. The summed E-state index contributed by atoms with van der Waals surface area (Å²) in [7, 11) is 1.53. The molecule has 29 heavy (non-hydrogen) atoms. The number of nitrogens with one attached hydrogen (secondary N) is 1. The van der Waals surface area contributed by atoms with Crippen molar-refractivity contribution in [1.29, 1.82) is 0 Å². The fourth-order valence-corrected chi connectivity index (χ4v) is 3.18. The summed E-state index contributed by atoms with van der Waals surface area (Å²) in [5.41, 5.74) is 1.67. The van der Waals surface area contributed by atoms with Gasteiger partial charge in [0.2, 0.25) is 0 Å². The van der Waals surface area contributed by atoms with Gasteiger partial charge in [0.1, 0.15) is 18.2 Å². The Labute approximate surface area is 168 Å². The van der Waals surface area contributed by atoms with Gasteiger partial charge in [-0.2, -0.15) is 0 Å². The highest BCUT2D eigenvalue weighted by Gasteiger charge is 2.38. The van der Waals surface area contributed by atoms with Crippen molar-refractivity contribution < 1.29 is 23.5 Å². The molecule has 0 bridgehead atoms. The largest absolute Gasteiger partial charge is 0.487 e. The predicted octanol–water partition coefficient (Wildman–Crippen LogP) is 3.73. The SMILES string of the molecule is CCOC(=O)C1=C(COc2cccc(C)c2)N(C)C(=O)NC1c1ccccc1F. The highest BCUT2D eigenvalue weighted by molar-refractivity contribution is 5.95. The number of amides is 2. The molecule has 0 saturated carbocycles. The lowest BCUT2D eigenvalue weighted by Crippen LogP contribution is -2.48. The maximum Gasteiger partial charge on any atom is 0.338 e. The Morgan fingerprint density at radius 1 is 1.21 bits per heavy atom. The molecule has 1 unspecified atom stereocenters. The molecule has 2 amide bonds. The molecule has 6 nitrogen and oxygen atoms in total. The van der Waals surface area contributed by atoms with Gasteiger partial charge in [0.15, 0.2) is 0 Å². The zero-order valence-corrected chi connectivity index (χ0v) is 16.6. The second-order valence-electron chi connectivity index (χ2n) is 6.65. The number of carbonyl (C=O) groups is 2. The second kappa shape index (κ2) is 8.77. The van der Waals surface area contributed by atoms with Crippen molar-refractivity contribution in [3.63, 3.8) is 0 Å². The standard InChI is InChI=1S/C22H23FN2O4/c1-4-28-21(26)19-18(13-29-15-9-7-8-14(2)12-15)25(3)22(27)24-20(19)16-10-5-6-11-17(16)23/h5-12,20H,4,13H2,1-3H3,(H,24,27). The van der Waals surface area contributed by atoms with Gasteiger partial charge >= 0.3 is 12.0 Å². The van der Waals surface area contributed by atoms with Crippen LogP contribution in [0.1, 0.15) is 24.1 Å². The number of rotatable bonds is 6. The molecule has 0 aliphatic carbocycles. The van der Waals surface area contributed by atoms with Gasteiger partial charge in [-0.3, -0.25) is 4.90 Å². The number of nitrogens with zero attached hydrogens (tertiary/aromatic N) is 1. The van der Waals surface area contributed by atoms with Crippen molar-refractivity contribution in [1.82, 2.24) is 10.2 Å². The van der Waals surface area contributed by atoms with Crippen molar-refractivity contribution in [2.45, 2.75) is 19.9 Å². The van der Waals surface area contributed by atoms with E-state index in [0.29, 0.717) is 11.4 Å². The molecule has 1 aliphatic heterocycles. The second-order valence-corrected chi connectivity index (χ2v) is 6.65. The van der Waals surface area contributed by atoms with E-state index >= 15 is 0 Å². The molecular formula is C22H23FN2O4. The lowest BCUT2D eigenvalue weighted by Gasteiger charge is -2.34. The molecule has 0 fully saturated rings. The first-order valence-electron chi connectivity index (χ1n) is 9.30. The smallest absolute Gasteiger partial charge is 0.338 e. The molecule has 152 valence electrons. The molecule has 0 spiro atoms. The first-order chi connectivity index (χ1) is 13.9. The first-order valence-corrected chi connectivity index (χ1v) is 9.30. The third kappa shape index (κ3) is 4.39. The van der Waals surface area contributed by atoms with Crippen LogP contribution in [0.2, 0.25) is 0 Å². The molecule has 0 aromatic heterocycles. The van der Waals surface area contributed by atoms with E-state index in [4.69, 9.17) is 9.47 Å². The lowest BCUT2D eigenvalue weighted by atomic mass is 9.94. The number of hydrogen-bond donors (Lipinski definition) is 1. The van der Waals surface area contributed by atoms with Crippen LogP contribution in [0.4, 0.5) is 9.18 Å². The van der Waals surface area contributed by atoms with Gasteiger partial charge in [-0.1, -0.05) is 30.3 Å². The highest BCUT2D eigenvalue weighted by Crippen LogP contribution is 2.32. The zero-order valence-electron chi connectivity index (χ0n) is 16.6. The summed E-state index contributed by atoms with van der Waals surface area (Å²) in [4.78, 5) is 26.6. The van der Waals surface area contributed by atoms with Crippen molar-refractivity contribution in [2.24, 2.45) is 0 Å². The summed E-state index contributed by atoms with van der Waals surface area (Å²) >= 11 is 0. The Balaban J connectivity index is 2.05. The highest BCUT2D eigenvalue weighted by atomic mass is 19.1. The monoisotopic (exact) mass is 398 g/mol. The Kier molecular flexibility index (Phi) is 6.16. The number of carbonyl (C=O) groups excluding carboxylic acids is 2. The van der Waals surface area contributed by atoms with Crippen LogP contribution in [0.25, 0.3) is 0 Å². The maximum absolute atomic E-state index is 14.5. The number of urea groups is 1. The molecule has 1 heterocycles. The number of hydrogen-bond acceptors (Lipinski definition) is 4. The van der Waals surface area contributed by atoms with E-state index in [0.717, 1.165) is 5.56 Å². The van der Waals surface area contributed by atoms with Crippen LogP contribution in [0, 0.1) is 12.7 Å². The summed E-state index contributed by atoms with van der Waals surface area (Å²) in [6.45, 7) is 3.72. The van der Waals surface area contributed by atoms with Crippen LogP contribution in [-0.2, 0) is 9.53 Å². The molecule has 3 rings (SSSR count). The average Bonchev–Trinajstić information content (AvgIpc) is 2.69. The molecular weight excluding hydrogens is 375 g/mol. The van der Waals surface area contributed by atoms with Gasteiger partial charge in [-0.05, 0) is 37.6 Å². The fraction of sp³-hybridized carbons (Fsp3) is 0.273. The Morgan fingerprint density at radius 2 is 1.97 bits per heavy atom. The van der Waals surface area contributed by atoms with Crippen LogP contribution >= 0.6 is 0 Å². The third-order valence-corrected chi connectivity index (χ3v) is 4.65. The number of ether oxygens (including phenoxy) is 2. The van der Waals surface area contributed by atoms with E-state index in [-0.39, 0.29) is 24.4 Å². The lowest BCUT2D eigenvalue weighted by molar-refractivity contribution is -0.139. The van der Waals surface area contributed by atoms with Crippen LogP contribution in [0.3, 0.4) is 0 Å². The summed E-state index contributed by atoms with van der Waals surface area (Å²) in [5, 5.41) is 2.68. The topological polar surface area (TPSA) is 67.9 Å². The van der Waals surface area contributed by atoms with Crippen molar-refractivity contribution in [3.8, 4) is 5.75 Å². The number of aryl methyl sites for hydroxylation is 1. The molecule has 7 heteroatoms. The minimum Gasteiger partial charge on any atom is -0.487 e. The van der Waals surface area contributed by atoms with E-state index in [1.54, 1.807) is 25.1 Å². The summed E-state index contributed by atoms with van der Waals surface area (Å²) in [5.74, 6) is -0.555. The normalized spacial score (nSPS) is 16.5. The molecule has 1 atom stereocenters. The minimum atomic E-state index is -0.977. The van der Waals surface area contributed by atoms with Gasteiger partial charge < -0.3 is 14.8 Å². The maximum atomic E-state index is 14.5. The summed E-state index contributed by atoms with van der Waals surface area (Å²) in [6.07, 6.45) is 0. The number of halogens is 1. The number of esters is 1. The molecule has 1 aliphatic rings. The minimum absolute atomic E-state index is 0.0491. The fourth-order valence-electron chi connectivity index (χ4n) is 3.18. The van der Waals surface area contributed by atoms with E-state index in [2.05, 4.69) is 5.32 Å². The Hall–Kier alpha value is -3.35. The Bertz CT molecular complexity index is 957. The van der Waals surface area contributed by atoms with Gasteiger partial charge in [0.25, 0.3) is 0 Å². The predicted molar refractivity (Wildman–Crippen MR) is 106 cm³/mol. The van der Waals surface area contributed by atoms with E-state index in [1.165, 1.54) is 24.1 Å². The summed E-state index contributed by atoms with van der Waals surface area (Å²) in [6, 6.07) is 12.0. The van der Waals surface area contributed by atoms with Crippen molar-refractivity contribution in [3.05, 3.63) is 76.7 Å². The van der Waals surface area contributed by atoms with Crippen molar-refractivity contribution in [2.75, 3.05) is 20.3 Å². The summed E-state index contributed by atoms with van der Waals surface area (Å²) < 4.78 is 25.5. The van der Waals surface area contributed by atoms with E-state index in [1.807, 2.05) is 25.1 Å². The first kappa shape index (κ1) is 20.4. The van der Waals surface area contributed by atoms with Crippen LogP contribution in [0.5, 0.6) is 5.75 Å². The Morgan fingerprint density at radius 3 is 2.66 bits per heavy atom. The number of benzene rings is 2. The van der Waals surface area contributed by atoms with Crippen LogP contribution in [0.15, 0.2) is 59.8 Å². The quantitative estimate of drug-likeness (QED) is 0.753. The van der Waals surface area contributed by atoms with Crippen molar-refractivity contribution >= 4 is 12.0 Å². The van der Waals surface area contributed by atoms with Crippen LogP contribution in [-0.4, -0.2) is 37.2 Å². The van der Waals surface area contributed by atoms with Gasteiger partial charge in [-0.25, -0.2) is 14.0 Å². The molecule has 0 saturated heterocycles. The van der Waals surface area contributed by atoms with E-state index < -0.39 is 23.9 Å². The zero-order chi connectivity index (χ0) is 21.0. The third-order valence-electron chi connectivity index (χ3n) is 4.65. The number of likely N-dealkylation sites (N-methyl/N-ethyl adjacent to an activating group) is 1. The molecule has 1 N–H and O–H groups in total. The van der Waals surface area contributed by atoms with E-state index in [9.17, 15) is 14.0 Å².